The molecule has 0 bridgehead atoms. The molecule has 1 atom stereocenters. The van der Waals surface area contributed by atoms with Crippen LogP contribution in [0.3, 0.4) is 0 Å². The van der Waals surface area contributed by atoms with Crippen LogP contribution in [0.15, 0.2) is 18.5 Å². The van der Waals surface area contributed by atoms with E-state index in [0.717, 1.165) is 71.3 Å². The average Bonchev–Trinajstić information content (AvgIpc) is 2.57. The molecule has 1 N–H and O–H groups in total. The van der Waals surface area contributed by atoms with Gasteiger partial charge in [0.25, 0.3) is 0 Å². The van der Waals surface area contributed by atoms with Crippen LogP contribution in [0.5, 0.6) is 0 Å². The van der Waals surface area contributed by atoms with Gasteiger partial charge in [0, 0.05) is 64.8 Å². The quantitative estimate of drug-likeness (QED) is 0.845. The first kappa shape index (κ1) is 16.9. The molecule has 1 aromatic rings. The molecule has 23 heavy (non-hydrogen) atoms. The summed E-state index contributed by atoms with van der Waals surface area (Å²) in [5, 5.41) is 11.0. The Kier molecular flexibility index (Phi) is 6.08. The summed E-state index contributed by atoms with van der Waals surface area (Å²) < 4.78 is 5.34. The highest BCUT2D eigenvalue weighted by Gasteiger charge is 2.22. The average molecular weight is 341 g/mol. The van der Waals surface area contributed by atoms with E-state index in [4.69, 9.17) is 16.3 Å². The van der Waals surface area contributed by atoms with E-state index in [1.165, 1.54) is 0 Å². The van der Waals surface area contributed by atoms with Gasteiger partial charge in [-0.05, 0) is 6.07 Å². The van der Waals surface area contributed by atoms with Crippen molar-refractivity contribution in [2.45, 2.75) is 6.10 Å². The maximum Gasteiger partial charge on any atom is 0.0822 e. The van der Waals surface area contributed by atoms with Crippen molar-refractivity contribution >= 4 is 17.3 Å². The number of halogens is 1. The van der Waals surface area contributed by atoms with Gasteiger partial charge in [-0.1, -0.05) is 11.6 Å². The molecule has 0 aliphatic carbocycles. The molecule has 0 aromatic carbocycles. The van der Waals surface area contributed by atoms with Crippen LogP contribution in [0, 0.1) is 0 Å². The Labute approximate surface area is 142 Å². The van der Waals surface area contributed by atoms with E-state index in [9.17, 15) is 5.11 Å². The molecule has 7 heteroatoms. The molecule has 0 radical (unpaired) electrons. The predicted octanol–water partition coefficient (Wildman–Crippen LogP) is 0.550. The molecular formula is C16H25ClN4O2. The molecule has 128 valence electrons. The SMILES string of the molecule is OC(CN1CCOCC1)CN1CCN(c2ccncc2Cl)CC1. The number of hydrogen-bond donors (Lipinski definition) is 1. The summed E-state index contributed by atoms with van der Waals surface area (Å²) in [5.41, 5.74) is 1.05. The molecule has 2 saturated heterocycles. The number of nitrogens with zero attached hydrogens (tertiary/aromatic N) is 4. The van der Waals surface area contributed by atoms with Gasteiger partial charge in [0.2, 0.25) is 0 Å². The van der Waals surface area contributed by atoms with Gasteiger partial charge in [-0.3, -0.25) is 14.8 Å². The zero-order chi connectivity index (χ0) is 16.1. The molecule has 2 aliphatic rings. The standard InChI is InChI=1S/C16H25ClN4O2/c17-15-11-18-2-1-16(15)21-5-3-19(4-6-21)12-14(22)13-20-7-9-23-10-8-20/h1-2,11,14,22H,3-10,12-13H2. The second kappa shape index (κ2) is 8.26. The summed E-state index contributed by atoms with van der Waals surface area (Å²) in [7, 11) is 0. The Morgan fingerprint density at radius 2 is 1.74 bits per heavy atom. The molecule has 0 saturated carbocycles. The Hall–Kier alpha value is -0.920. The first-order valence-corrected chi connectivity index (χ1v) is 8.65. The minimum absolute atomic E-state index is 0.302. The van der Waals surface area contributed by atoms with E-state index in [-0.39, 0.29) is 6.10 Å². The lowest BCUT2D eigenvalue weighted by Gasteiger charge is -2.38. The number of aliphatic hydroxyl groups is 1. The van der Waals surface area contributed by atoms with Crippen molar-refractivity contribution in [3.8, 4) is 0 Å². The second-order valence-corrected chi connectivity index (χ2v) is 6.59. The zero-order valence-electron chi connectivity index (χ0n) is 13.4. The van der Waals surface area contributed by atoms with Crippen LogP contribution in [0.4, 0.5) is 5.69 Å². The van der Waals surface area contributed by atoms with E-state index in [2.05, 4.69) is 19.7 Å². The number of ether oxygens (including phenoxy) is 1. The number of pyridine rings is 1. The van der Waals surface area contributed by atoms with E-state index >= 15 is 0 Å². The van der Waals surface area contributed by atoms with Gasteiger partial charge in [0.05, 0.1) is 30.0 Å². The number of aromatic nitrogens is 1. The van der Waals surface area contributed by atoms with Gasteiger partial charge in [-0.2, -0.15) is 0 Å². The van der Waals surface area contributed by atoms with Crippen molar-refractivity contribution in [1.29, 1.82) is 0 Å². The summed E-state index contributed by atoms with van der Waals surface area (Å²) in [6.45, 7) is 8.60. The van der Waals surface area contributed by atoms with Crippen LogP contribution in [0.25, 0.3) is 0 Å². The van der Waals surface area contributed by atoms with Crippen molar-refractivity contribution in [1.82, 2.24) is 14.8 Å². The number of rotatable bonds is 5. The molecule has 3 rings (SSSR count). The molecule has 1 aromatic heterocycles. The fraction of sp³-hybridized carbons (Fsp3) is 0.688. The summed E-state index contributed by atoms with van der Waals surface area (Å²) in [6, 6.07) is 1.96. The maximum absolute atomic E-state index is 10.3. The highest BCUT2D eigenvalue weighted by Crippen LogP contribution is 2.25. The number of morpholine rings is 1. The molecule has 2 aliphatic heterocycles. The van der Waals surface area contributed by atoms with Crippen molar-refractivity contribution < 1.29 is 9.84 Å². The number of piperazine rings is 1. The zero-order valence-corrected chi connectivity index (χ0v) is 14.2. The summed E-state index contributed by atoms with van der Waals surface area (Å²) >= 11 is 6.21. The molecule has 2 fully saturated rings. The highest BCUT2D eigenvalue weighted by atomic mass is 35.5. The van der Waals surface area contributed by atoms with Crippen molar-refractivity contribution in [3.05, 3.63) is 23.5 Å². The van der Waals surface area contributed by atoms with Crippen molar-refractivity contribution in [2.24, 2.45) is 0 Å². The third-order valence-electron chi connectivity index (χ3n) is 4.51. The molecule has 6 nitrogen and oxygen atoms in total. The van der Waals surface area contributed by atoms with Crippen LogP contribution < -0.4 is 4.90 Å². The third-order valence-corrected chi connectivity index (χ3v) is 4.80. The normalized spacial score (nSPS) is 22.3. The van der Waals surface area contributed by atoms with Gasteiger partial charge in [-0.25, -0.2) is 0 Å². The van der Waals surface area contributed by atoms with Gasteiger partial charge < -0.3 is 14.7 Å². The van der Waals surface area contributed by atoms with Gasteiger partial charge >= 0.3 is 0 Å². The lowest BCUT2D eigenvalue weighted by molar-refractivity contribution is 0.00656. The van der Waals surface area contributed by atoms with E-state index < -0.39 is 0 Å². The van der Waals surface area contributed by atoms with Crippen LogP contribution in [-0.4, -0.2) is 91.6 Å². The Bertz CT molecular complexity index is 491. The van der Waals surface area contributed by atoms with Crippen molar-refractivity contribution in [2.75, 3.05) is 70.5 Å². The lowest BCUT2D eigenvalue weighted by Crippen LogP contribution is -2.51. The summed E-state index contributed by atoms with van der Waals surface area (Å²) in [4.78, 5) is 10.9. The highest BCUT2D eigenvalue weighted by molar-refractivity contribution is 6.33. The van der Waals surface area contributed by atoms with E-state index in [1.54, 1.807) is 12.4 Å². The van der Waals surface area contributed by atoms with E-state index in [0.29, 0.717) is 5.02 Å². The van der Waals surface area contributed by atoms with Gasteiger partial charge in [0.1, 0.15) is 0 Å². The maximum atomic E-state index is 10.3. The van der Waals surface area contributed by atoms with Crippen molar-refractivity contribution in [3.63, 3.8) is 0 Å². The Balaban J connectivity index is 1.43. The van der Waals surface area contributed by atoms with Gasteiger partial charge in [-0.15, -0.1) is 0 Å². The summed E-state index contributed by atoms with van der Waals surface area (Å²) in [6.07, 6.45) is 3.17. The monoisotopic (exact) mass is 340 g/mol. The molecule has 1 unspecified atom stereocenters. The third kappa shape index (κ3) is 4.78. The largest absolute Gasteiger partial charge is 0.390 e. The number of β-amino-alcohol motifs (C(OH)–C–C–N with tert-alkyl or cyclic N) is 1. The van der Waals surface area contributed by atoms with Crippen LogP contribution in [0.1, 0.15) is 0 Å². The van der Waals surface area contributed by atoms with Crippen LogP contribution in [-0.2, 0) is 4.74 Å². The van der Waals surface area contributed by atoms with Crippen LogP contribution in [0.2, 0.25) is 5.02 Å². The minimum Gasteiger partial charge on any atom is -0.390 e. The molecule has 0 amide bonds. The molecular weight excluding hydrogens is 316 g/mol. The lowest BCUT2D eigenvalue weighted by atomic mass is 10.2. The fourth-order valence-electron chi connectivity index (χ4n) is 3.23. The van der Waals surface area contributed by atoms with E-state index in [1.807, 2.05) is 6.07 Å². The number of anilines is 1. The Morgan fingerprint density at radius 1 is 1.09 bits per heavy atom. The first-order valence-electron chi connectivity index (χ1n) is 8.27. The fourth-order valence-corrected chi connectivity index (χ4v) is 3.47. The van der Waals surface area contributed by atoms with Gasteiger partial charge in [0.15, 0.2) is 0 Å². The van der Waals surface area contributed by atoms with Crippen LogP contribution >= 0.6 is 11.6 Å². The topological polar surface area (TPSA) is 52.1 Å². The number of aliphatic hydroxyl groups excluding tert-OH is 1. The predicted molar refractivity (Wildman–Crippen MR) is 91.2 cm³/mol. The smallest absolute Gasteiger partial charge is 0.0822 e. The summed E-state index contributed by atoms with van der Waals surface area (Å²) in [5.74, 6) is 0. The number of hydrogen-bond acceptors (Lipinski definition) is 6. The Morgan fingerprint density at radius 3 is 2.39 bits per heavy atom. The minimum atomic E-state index is -0.302. The second-order valence-electron chi connectivity index (χ2n) is 6.18. The first-order chi connectivity index (χ1) is 11.2. The molecule has 0 spiro atoms. The molecule has 3 heterocycles.